The van der Waals surface area contributed by atoms with Gasteiger partial charge >= 0.3 is 6.18 Å². The van der Waals surface area contributed by atoms with Crippen LogP contribution in [0.4, 0.5) is 13.2 Å². The smallest absolute Gasteiger partial charge is 0.389 e. The number of hydrogen-bond donors (Lipinski definition) is 0. The van der Waals surface area contributed by atoms with Crippen molar-refractivity contribution in [3.05, 3.63) is 22.6 Å². The number of carbonyl (C=O) groups is 1. The Labute approximate surface area is 86.2 Å². The lowest BCUT2D eigenvalue weighted by molar-refractivity contribution is -0.133. The first-order chi connectivity index (χ1) is 6.38. The lowest BCUT2D eigenvalue weighted by Gasteiger charge is -2.03. The standard InChI is InChI=1S/C8H6BrF3O2/c9-7-2-1-6(14-7)5(13)3-4-8(10,11)12/h1-2H,3-4H2. The molecule has 0 aliphatic carbocycles. The summed E-state index contributed by atoms with van der Waals surface area (Å²) in [7, 11) is 0. The van der Waals surface area contributed by atoms with Crippen LogP contribution in [0.5, 0.6) is 0 Å². The highest BCUT2D eigenvalue weighted by Gasteiger charge is 2.28. The molecule has 0 aliphatic heterocycles. The Kier molecular flexibility index (Phi) is 3.36. The van der Waals surface area contributed by atoms with E-state index in [1.165, 1.54) is 12.1 Å². The van der Waals surface area contributed by atoms with Gasteiger partial charge in [0.15, 0.2) is 16.2 Å². The molecule has 0 amide bonds. The second kappa shape index (κ2) is 4.16. The zero-order chi connectivity index (χ0) is 10.8. The summed E-state index contributed by atoms with van der Waals surface area (Å²) in [5.74, 6) is -0.700. The summed E-state index contributed by atoms with van der Waals surface area (Å²) in [6.45, 7) is 0. The highest BCUT2D eigenvalue weighted by Crippen LogP contribution is 2.23. The second-order valence-corrected chi connectivity index (χ2v) is 3.42. The van der Waals surface area contributed by atoms with E-state index in [1.54, 1.807) is 0 Å². The first-order valence-electron chi connectivity index (χ1n) is 3.74. The van der Waals surface area contributed by atoms with Crippen molar-refractivity contribution in [2.75, 3.05) is 0 Å². The van der Waals surface area contributed by atoms with Crippen LogP contribution in [-0.4, -0.2) is 12.0 Å². The first kappa shape index (κ1) is 11.3. The molecular formula is C8H6BrF3O2. The van der Waals surface area contributed by atoms with Gasteiger partial charge in [0.2, 0.25) is 0 Å². The monoisotopic (exact) mass is 270 g/mol. The van der Waals surface area contributed by atoms with E-state index in [-0.39, 0.29) is 5.76 Å². The Balaban J connectivity index is 2.52. The summed E-state index contributed by atoms with van der Waals surface area (Å²) in [4.78, 5) is 11.1. The van der Waals surface area contributed by atoms with Gasteiger partial charge < -0.3 is 4.42 Å². The minimum atomic E-state index is -4.31. The number of halogens is 4. The molecule has 2 nitrogen and oxygen atoms in total. The van der Waals surface area contributed by atoms with Crippen LogP contribution in [0.1, 0.15) is 23.4 Å². The molecule has 1 rings (SSSR count). The van der Waals surface area contributed by atoms with Crippen molar-refractivity contribution in [2.45, 2.75) is 19.0 Å². The summed E-state index contributed by atoms with van der Waals surface area (Å²) in [6, 6.07) is 2.80. The molecule has 1 aromatic heterocycles. The molecule has 14 heavy (non-hydrogen) atoms. The van der Waals surface area contributed by atoms with E-state index >= 15 is 0 Å². The Bertz CT molecular complexity index is 330. The molecule has 78 valence electrons. The zero-order valence-corrected chi connectivity index (χ0v) is 8.48. The summed E-state index contributed by atoms with van der Waals surface area (Å²) < 4.78 is 40.4. The quantitative estimate of drug-likeness (QED) is 0.786. The number of hydrogen-bond acceptors (Lipinski definition) is 2. The van der Waals surface area contributed by atoms with E-state index < -0.39 is 24.8 Å². The van der Waals surface area contributed by atoms with E-state index in [9.17, 15) is 18.0 Å². The Morgan fingerprint density at radius 3 is 2.50 bits per heavy atom. The van der Waals surface area contributed by atoms with Gasteiger partial charge in [0.1, 0.15) is 0 Å². The second-order valence-electron chi connectivity index (χ2n) is 2.64. The van der Waals surface area contributed by atoms with Gasteiger partial charge in [0, 0.05) is 6.42 Å². The molecule has 0 saturated heterocycles. The highest BCUT2D eigenvalue weighted by molar-refractivity contribution is 9.10. The van der Waals surface area contributed by atoms with E-state index in [0.29, 0.717) is 4.67 Å². The molecule has 0 radical (unpaired) electrons. The van der Waals surface area contributed by atoms with Crippen molar-refractivity contribution in [1.29, 1.82) is 0 Å². The Hall–Kier alpha value is -0.780. The van der Waals surface area contributed by atoms with Crippen LogP contribution in [0.15, 0.2) is 21.2 Å². The van der Waals surface area contributed by atoms with Crippen molar-refractivity contribution >= 4 is 21.7 Å². The van der Waals surface area contributed by atoms with Crippen molar-refractivity contribution in [3.8, 4) is 0 Å². The maximum absolute atomic E-state index is 11.7. The van der Waals surface area contributed by atoms with Gasteiger partial charge in [-0.3, -0.25) is 4.79 Å². The van der Waals surface area contributed by atoms with Gasteiger partial charge in [0.05, 0.1) is 6.42 Å². The molecule has 0 atom stereocenters. The molecule has 0 saturated carbocycles. The van der Waals surface area contributed by atoms with Crippen LogP contribution in [0, 0.1) is 0 Å². The zero-order valence-electron chi connectivity index (χ0n) is 6.90. The fourth-order valence-corrected chi connectivity index (χ4v) is 1.15. The maximum Gasteiger partial charge on any atom is 0.389 e. The number of Topliss-reactive ketones (excluding diaryl/α,β-unsaturated/α-hetero) is 1. The van der Waals surface area contributed by atoms with Gasteiger partial charge in [-0.15, -0.1) is 0 Å². The van der Waals surface area contributed by atoms with Crippen molar-refractivity contribution in [3.63, 3.8) is 0 Å². The maximum atomic E-state index is 11.7. The lowest BCUT2D eigenvalue weighted by Crippen LogP contribution is -2.10. The summed E-state index contributed by atoms with van der Waals surface area (Å²) in [5.41, 5.74) is 0. The largest absolute Gasteiger partial charge is 0.446 e. The summed E-state index contributed by atoms with van der Waals surface area (Å²) in [5, 5.41) is 0. The van der Waals surface area contributed by atoms with Crippen LogP contribution in [0.2, 0.25) is 0 Å². The average Bonchev–Trinajstić information content (AvgIpc) is 2.46. The highest BCUT2D eigenvalue weighted by atomic mass is 79.9. The molecule has 0 N–H and O–H groups in total. The van der Waals surface area contributed by atoms with Gasteiger partial charge in [0.25, 0.3) is 0 Å². The van der Waals surface area contributed by atoms with E-state index in [1.807, 2.05) is 0 Å². The number of furan rings is 1. The number of carbonyl (C=O) groups excluding carboxylic acids is 1. The fourth-order valence-electron chi connectivity index (χ4n) is 0.843. The SMILES string of the molecule is O=C(CCC(F)(F)F)c1ccc(Br)o1. The third kappa shape index (κ3) is 3.53. The molecule has 0 aliphatic rings. The molecule has 6 heteroatoms. The van der Waals surface area contributed by atoms with Gasteiger partial charge in [-0.1, -0.05) is 0 Å². The third-order valence-electron chi connectivity index (χ3n) is 1.48. The van der Waals surface area contributed by atoms with Crippen LogP contribution < -0.4 is 0 Å². The third-order valence-corrected chi connectivity index (χ3v) is 1.91. The number of alkyl halides is 3. The van der Waals surface area contributed by atoms with E-state index in [4.69, 9.17) is 4.42 Å². The van der Waals surface area contributed by atoms with Crippen LogP contribution in [-0.2, 0) is 0 Å². The number of rotatable bonds is 3. The van der Waals surface area contributed by atoms with Crippen molar-refractivity contribution < 1.29 is 22.4 Å². The van der Waals surface area contributed by atoms with Gasteiger partial charge in [-0.25, -0.2) is 0 Å². The summed E-state index contributed by atoms with van der Waals surface area (Å²) in [6.07, 6.45) is -6.01. The van der Waals surface area contributed by atoms with Crippen molar-refractivity contribution in [1.82, 2.24) is 0 Å². The topological polar surface area (TPSA) is 30.2 Å². The Morgan fingerprint density at radius 2 is 2.07 bits per heavy atom. The minimum Gasteiger partial charge on any atom is -0.446 e. The molecule has 1 heterocycles. The molecule has 0 aromatic carbocycles. The summed E-state index contributed by atoms with van der Waals surface area (Å²) >= 11 is 2.95. The minimum absolute atomic E-state index is 0.0545. The fraction of sp³-hybridized carbons (Fsp3) is 0.375. The van der Waals surface area contributed by atoms with E-state index in [0.717, 1.165) is 0 Å². The van der Waals surface area contributed by atoms with Crippen LogP contribution in [0.3, 0.4) is 0 Å². The van der Waals surface area contributed by atoms with Crippen LogP contribution in [0.25, 0.3) is 0 Å². The molecular weight excluding hydrogens is 265 g/mol. The Morgan fingerprint density at radius 1 is 1.43 bits per heavy atom. The molecule has 0 unspecified atom stereocenters. The van der Waals surface area contributed by atoms with Crippen LogP contribution >= 0.6 is 15.9 Å². The lowest BCUT2D eigenvalue weighted by atomic mass is 10.2. The first-order valence-corrected chi connectivity index (χ1v) is 4.53. The van der Waals surface area contributed by atoms with E-state index in [2.05, 4.69) is 15.9 Å². The predicted molar refractivity (Wildman–Crippen MR) is 46.0 cm³/mol. The molecule has 0 bridgehead atoms. The van der Waals surface area contributed by atoms with Gasteiger partial charge in [-0.2, -0.15) is 13.2 Å². The predicted octanol–water partition coefficient (Wildman–Crippen LogP) is 3.57. The number of ketones is 1. The average molecular weight is 271 g/mol. The normalized spacial score (nSPS) is 11.7. The molecule has 0 fully saturated rings. The molecule has 0 spiro atoms. The van der Waals surface area contributed by atoms with Crippen molar-refractivity contribution in [2.24, 2.45) is 0 Å². The molecule has 1 aromatic rings. The van der Waals surface area contributed by atoms with Gasteiger partial charge in [-0.05, 0) is 28.1 Å².